The van der Waals surface area contributed by atoms with Crippen LogP contribution in [0.5, 0.6) is 17.4 Å². The van der Waals surface area contributed by atoms with Crippen molar-refractivity contribution in [1.82, 2.24) is 10.3 Å². The van der Waals surface area contributed by atoms with Gasteiger partial charge in [-0.3, -0.25) is 14.9 Å². The number of aromatic nitrogens is 1. The maximum absolute atomic E-state index is 12.4. The van der Waals surface area contributed by atoms with Gasteiger partial charge in [-0.2, -0.15) is 0 Å². The highest BCUT2D eigenvalue weighted by Gasteiger charge is 2.24. The lowest BCUT2D eigenvalue weighted by atomic mass is 10.1. The normalized spacial score (nSPS) is 10.0. The Kier molecular flexibility index (Phi) is 5.72. The van der Waals surface area contributed by atoms with E-state index in [1.54, 1.807) is 18.3 Å². The quantitative estimate of drug-likeness (QED) is 0.601. The number of nitro benzene ring substituents is 1. The van der Waals surface area contributed by atoms with E-state index in [0.717, 1.165) is 11.6 Å². The molecule has 1 amide bonds. The molecule has 0 unspecified atom stereocenters. The van der Waals surface area contributed by atoms with E-state index in [0.29, 0.717) is 5.88 Å². The summed E-state index contributed by atoms with van der Waals surface area (Å²) in [6, 6.07) is 5.82. The fourth-order valence-corrected chi connectivity index (χ4v) is 2.11. The van der Waals surface area contributed by atoms with Gasteiger partial charge in [0.1, 0.15) is 5.56 Å². The van der Waals surface area contributed by atoms with Crippen LogP contribution in [0.15, 0.2) is 30.5 Å². The number of methoxy groups -OCH3 is 3. The van der Waals surface area contributed by atoms with E-state index < -0.39 is 10.8 Å². The third-order valence-electron chi connectivity index (χ3n) is 3.40. The summed E-state index contributed by atoms with van der Waals surface area (Å²) in [6.45, 7) is 0.154. The molecule has 0 saturated heterocycles. The summed E-state index contributed by atoms with van der Waals surface area (Å²) in [7, 11) is 4.24. The van der Waals surface area contributed by atoms with Crippen LogP contribution in [0.3, 0.4) is 0 Å². The third kappa shape index (κ3) is 4.14. The number of nitrogens with zero attached hydrogens (tertiary/aromatic N) is 2. The Morgan fingerprint density at radius 3 is 2.36 bits per heavy atom. The third-order valence-corrected chi connectivity index (χ3v) is 3.40. The Morgan fingerprint density at radius 2 is 1.84 bits per heavy atom. The summed E-state index contributed by atoms with van der Waals surface area (Å²) in [4.78, 5) is 27.0. The van der Waals surface area contributed by atoms with Gasteiger partial charge >= 0.3 is 0 Å². The monoisotopic (exact) mass is 347 g/mol. The van der Waals surface area contributed by atoms with Crippen LogP contribution in [0, 0.1) is 10.1 Å². The van der Waals surface area contributed by atoms with Gasteiger partial charge in [-0.15, -0.1) is 0 Å². The number of pyridine rings is 1. The van der Waals surface area contributed by atoms with E-state index in [4.69, 9.17) is 14.2 Å². The maximum atomic E-state index is 12.4. The lowest BCUT2D eigenvalue weighted by molar-refractivity contribution is -0.385. The molecule has 0 saturated carbocycles. The number of carbonyl (C=O) groups is 1. The molecule has 25 heavy (non-hydrogen) atoms. The molecule has 9 nitrogen and oxygen atoms in total. The van der Waals surface area contributed by atoms with Crippen molar-refractivity contribution in [3.63, 3.8) is 0 Å². The molecule has 2 aromatic rings. The number of nitro groups is 1. The van der Waals surface area contributed by atoms with E-state index in [9.17, 15) is 14.9 Å². The predicted octanol–water partition coefficient (Wildman–Crippen LogP) is 1.95. The van der Waals surface area contributed by atoms with Crippen LogP contribution in [-0.4, -0.2) is 37.1 Å². The number of carbonyl (C=O) groups excluding carboxylic acids is 1. The first-order valence-electron chi connectivity index (χ1n) is 7.17. The van der Waals surface area contributed by atoms with Gasteiger partial charge in [0.2, 0.25) is 5.88 Å². The second kappa shape index (κ2) is 7.95. The molecule has 0 fully saturated rings. The first-order chi connectivity index (χ1) is 12.0. The summed E-state index contributed by atoms with van der Waals surface area (Å²) < 4.78 is 15.1. The first-order valence-corrected chi connectivity index (χ1v) is 7.17. The highest BCUT2D eigenvalue weighted by atomic mass is 16.6. The fourth-order valence-electron chi connectivity index (χ4n) is 2.11. The van der Waals surface area contributed by atoms with Crippen LogP contribution < -0.4 is 19.5 Å². The van der Waals surface area contributed by atoms with Crippen molar-refractivity contribution >= 4 is 11.6 Å². The maximum Gasteiger partial charge on any atom is 0.286 e. The van der Waals surface area contributed by atoms with Crippen molar-refractivity contribution in [2.24, 2.45) is 0 Å². The van der Waals surface area contributed by atoms with E-state index in [2.05, 4.69) is 10.3 Å². The van der Waals surface area contributed by atoms with Crippen molar-refractivity contribution in [3.8, 4) is 17.4 Å². The fraction of sp³-hybridized carbons (Fsp3) is 0.250. The lowest BCUT2D eigenvalue weighted by Gasteiger charge is -2.11. The molecule has 2 rings (SSSR count). The van der Waals surface area contributed by atoms with E-state index in [-0.39, 0.29) is 29.3 Å². The molecule has 0 aliphatic heterocycles. The summed E-state index contributed by atoms with van der Waals surface area (Å²) >= 11 is 0. The Morgan fingerprint density at radius 1 is 1.16 bits per heavy atom. The molecule has 1 aromatic heterocycles. The average molecular weight is 347 g/mol. The summed E-state index contributed by atoms with van der Waals surface area (Å²) in [6.07, 6.45) is 1.54. The van der Waals surface area contributed by atoms with Crippen LogP contribution >= 0.6 is 0 Å². The van der Waals surface area contributed by atoms with Crippen LogP contribution in [0.25, 0.3) is 0 Å². The number of rotatable bonds is 7. The molecule has 0 radical (unpaired) electrons. The highest BCUT2D eigenvalue weighted by Crippen LogP contribution is 2.34. The average Bonchev–Trinajstić information content (AvgIpc) is 2.65. The zero-order valence-corrected chi connectivity index (χ0v) is 13.9. The van der Waals surface area contributed by atoms with Gasteiger partial charge in [0.25, 0.3) is 11.6 Å². The number of amides is 1. The standard InChI is InChI=1S/C16H17N3O6/c1-23-13-6-11(12(19(21)22)7-14(13)24-2)16(20)18-9-10-4-5-15(25-3)17-8-10/h4-8H,9H2,1-3H3,(H,18,20). The first kappa shape index (κ1) is 18.0. The predicted molar refractivity (Wildman–Crippen MR) is 88.2 cm³/mol. The number of nitrogens with one attached hydrogen (secondary N) is 1. The summed E-state index contributed by atoms with van der Waals surface area (Å²) in [5, 5.41) is 13.9. The van der Waals surface area contributed by atoms with Crippen LogP contribution in [0.4, 0.5) is 5.69 Å². The second-order valence-electron chi connectivity index (χ2n) is 4.87. The van der Waals surface area contributed by atoms with Gasteiger partial charge in [-0.1, -0.05) is 6.07 Å². The molecule has 9 heteroatoms. The minimum absolute atomic E-state index is 0.121. The molecule has 0 atom stereocenters. The van der Waals surface area contributed by atoms with Crippen LogP contribution in [0.2, 0.25) is 0 Å². The lowest BCUT2D eigenvalue weighted by Crippen LogP contribution is -2.24. The zero-order chi connectivity index (χ0) is 18.4. The van der Waals surface area contributed by atoms with Crippen molar-refractivity contribution in [2.75, 3.05) is 21.3 Å². The number of benzene rings is 1. The van der Waals surface area contributed by atoms with Gasteiger partial charge in [0.15, 0.2) is 11.5 Å². The Hall–Kier alpha value is -3.36. The van der Waals surface area contributed by atoms with Gasteiger partial charge in [0, 0.05) is 24.9 Å². The molecular formula is C16H17N3O6. The highest BCUT2D eigenvalue weighted by molar-refractivity contribution is 5.99. The molecule has 0 bridgehead atoms. The summed E-state index contributed by atoms with van der Waals surface area (Å²) in [5.74, 6) is 0.239. The minimum Gasteiger partial charge on any atom is -0.493 e. The van der Waals surface area contributed by atoms with Crippen LogP contribution in [0.1, 0.15) is 15.9 Å². The van der Waals surface area contributed by atoms with Crippen molar-refractivity contribution in [1.29, 1.82) is 0 Å². The van der Waals surface area contributed by atoms with Gasteiger partial charge in [0.05, 0.1) is 32.3 Å². The van der Waals surface area contributed by atoms with Gasteiger partial charge in [-0.25, -0.2) is 4.98 Å². The smallest absolute Gasteiger partial charge is 0.286 e. The second-order valence-corrected chi connectivity index (χ2v) is 4.87. The zero-order valence-electron chi connectivity index (χ0n) is 13.9. The Balaban J connectivity index is 2.23. The van der Waals surface area contributed by atoms with Gasteiger partial charge in [-0.05, 0) is 5.56 Å². The van der Waals surface area contributed by atoms with E-state index >= 15 is 0 Å². The van der Waals surface area contributed by atoms with E-state index in [1.807, 2.05) is 0 Å². The van der Waals surface area contributed by atoms with Crippen LogP contribution in [-0.2, 0) is 6.54 Å². The van der Waals surface area contributed by atoms with Gasteiger partial charge < -0.3 is 19.5 Å². The largest absolute Gasteiger partial charge is 0.493 e. The molecule has 1 heterocycles. The topological polar surface area (TPSA) is 113 Å². The Labute approximate surface area is 143 Å². The molecule has 1 N–H and O–H groups in total. The van der Waals surface area contributed by atoms with Crippen molar-refractivity contribution < 1.29 is 23.9 Å². The van der Waals surface area contributed by atoms with Crippen molar-refractivity contribution in [2.45, 2.75) is 6.54 Å². The molecule has 0 spiro atoms. The summed E-state index contributed by atoms with van der Waals surface area (Å²) in [5.41, 5.74) is 0.226. The van der Waals surface area contributed by atoms with Crippen molar-refractivity contribution in [3.05, 3.63) is 51.7 Å². The molecule has 0 aliphatic rings. The molecule has 1 aromatic carbocycles. The molecular weight excluding hydrogens is 330 g/mol. The number of ether oxygens (including phenoxy) is 3. The SMILES string of the molecule is COc1ccc(CNC(=O)c2cc(OC)c(OC)cc2[N+](=O)[O-])cn1. The van der Waals surface area contributed by atoms with E-state index in [1.165, 1.54) is 27.4 Å². The Bertz CT molecular complexity index is 776. The number of hydrogen-bond donors (Lipinski definition) is 1. The molecule has 0 aliphatic carbocycles. The number of hydrogen-bond acceptors (Lipinski definition) is 7. The molecule has 132 valence electrons. The minimum atomic E-state index is -0.647.